The van der Waals surface area contributed by atoms with Crippen LogP contribution in [0.4, 0.5) is 0 Å². The summed E-state index contributed by atoms with van der Waals surface area (Å²) in [5, 5.41) is 3.12. The van der Waals surface area contributed by atoms with E-state index in [4.69, 9.17) is 0 Å². The molecule has 0 aromatic heterocycles. The molecular formula is C22H39NO2. The third-order valence-electron chi connectivity index (χ3n) is 6.26. The smallest absolute Gasteiger partial charge is 0.220 e. The molecule has 2 aliphatic carbocycles. The van der Waals surface area contributed by atoms with E-state index in [-0.39, 0.29) is 23.8 Å². The Hall–Kier alpha value is -0.860. The molecule has 2 saturated carbocycles. The van der Waals surface area contributed by atoms with Gasteiger partial charge in [-0.3, -0.25) is 9.59 Å². The Morgan fingerprint density at radius 2 is 1.56 bits per heavy atom. The molecule has 1 amide bonds. The minimum Gasteiger partial charge on any atom is -0.353 e. The lowest BCUT2D eigenvalue weighted by atomic mass is 9.74. The monoisotopic (exact) mass is 349 g/mol. The third kappa shape index (κ3) is 6.75. The van der Waals surface area contributed by atoms with E-state index in [9.17, 15) is 9.59 Å². The number of rotatable bonds is 9. The molecule has 0 spiro atoms. The van der Waals surface area contributed by atoms with Gasteiger partial charge in [-0.15, -0.1) is 0 Å². The molecule has 3 heteroatoms. The maximum Gasteiger partial charge on any atom is 0.220 e. The van der Waals surface area contributed by atoms with E-state index in [1.165, 1.54) is 38.5 Å². The zero-order valence-corrected chi connectivity index (χ0v) is 16.9. The first-order chi connectivity index (χ1) is 11.8. The zero-order chi connectivity index (χ0) is 18.4. The Balaban J connectivity index is 1.52. The molecule has 0 saturated heterocycles. The van der Waals surface area contributed by atoms with Gasteiger partial charge in [-0.05, 0) is 49.9 Å². The highest BCUT2D eigenvalue weighted by atomic mass is 16.1. The van der Waals surface area contributed by atoms with Gasteiger partial charge in [-0.1, -0.05) is 53.4 Å². The van der Waals surface area contributed by atoms with Crippen molar-refractivity contribution in [3.63, 3.8) is 0 Å². The zero-order valence-electron chi connectivity index (χ0n) is 16.9. The molecule has 0 aromatic carbocycles. The molecule has 0 heterocycles. The standard InChI is InChI=1S/C22H39NO2/c1-15(2)12-18-10-8-17(9-11-18)6-5-7-21(24)23-20-13-19(14-20)22(25)16(3)4/h15-20H,5-14H2,1-4H3,(H,23,24). The number of carbonyl (C=O) groups is 2. The normalized spacial score (nSPS) is 29.5. The summed E-state index contributed by atoms with van der Waals surface area (Å²) in [6.45, 7) is 8.58. The maximum atomic E-state index is 12.1. The molecule has 3 nitrogen and oxygen atoms in total. The van der Waals surface area contributed by atoms with Crippen molar-refractivity contribution >= 4 is 11.7 Å². The lowest BCUT2D eigenvalue weighted by molar-refractivity contribution is -0.131. The number of hydrogen-bond acceptors (Lipinski definition) is 2. The van der Waals surface area contributed by atoms with E-state index in [2.05, 4.69) is 19.2 Å². The molecule has 0 aliphatic heterocycles. The predicted octanol–water partition coefficient (Wildman–Crippen LogP) is 5.13. The highest BCUT2D eigenvalue weighted by Crippen LogP contribution is 2.35. The number of hydrogen-bond donors (Lipinski definition) is 1. The first-order valence-electron chi connectivity index (χ1n) is 10.7. The van der Waals surface area contributed by atoms with E-state index in [1.54, 1.807) is 0 Å². The Bertz CT molecular complexity index is 429. The molecule has 0 aromatic rings. The molecule has 0 unspecified atom stereocenters. The topological polar surface area (TPSA) is 46.2 Å². The van der Waals surface area contributed by atoms with Crippen LogP contribution in [0.25, 0.3) is 0 Å². The molecule has 144 valence electrons. The highest BCUT2D eigenvalue weighted by Gasteiger charge is 2.35. The average molecular weight is 350 g/mol. The Morgan fingerprint density at radius 1 is 0.960 bits per heavy atom. The average Bonchev–Trinajstić information content (AvgIpc) is 2.51. The van der Waals surface area contributed by atoms with Gasteiger partial charge in [0.15, 0.2) is 0 Å². The van der Waals surface area contributed by atoms with Gasteiger partial charge in [0.1, 0.15) is 5.78 Å². The number of Topliss-reactive ketones (excluding diaryl/α,β-unsaturated/α-hetero) is 1. The summed E-state index contributed by atoms with van der Waals surface area (Å²) in [6, 6.07) is 0.242. The van der Waals surface area contributed by atoms with Crippen molar-refractivity contribution < 1.29 is 9.59 Å². The van der Waals surface area contributed by atoms with Crippen molar-refractivity contribution in [2.75, 3.05) is 0 Å². The number of amides is 1. The second-order valence-corrected chi connectivity index (χ2v) is 9.40. The minimum absolute atomic E-state index is 0.122. The lowest BCUT2D eigenvalue weighted by Gasteiger charge is -2.35. The number of nitrogens with one attached hydrogen (secondary N) is 1. The van der Waals surface area contributed by atoms with Crippen molar-refractivity contribution in [3.05, 3.63) is 0 Å². The molecule has 2 rings (SSSR count). The fourth-order valence-electron chi connectivity index (χ4n) is 4.71. The van der Waals surface area contributed by atoms with Gasteiger partial charge in [0, 0.05) is 24.3 Å². The fraction of sp³-hybridized carbons (Fsp3) is 0.909. The summed E-state index contributed by atoms with van der Waals surface area (Å²) in [6.07, 6.45) is 11.5. The van der Waals surface area contributed by atoms with E-state index < -0.39 is 0 Å². The summed E-state index contributed by atoms with van der Waals surface area (Å²) in [5.74, 6) is 3.47. The van der Waals surface area contributed by atoms with E-state index in [1.807, 2.05) is 13.8 Å². The second-order valence-electron chi connectivity index (χ2n) is 9.40. The summed E-state index contributed by atoms with van der Waals surface area (Å²) >= 11 is 0. The van der Waals surface area contributed by atoms with Crippen LogP contribution in [0.15, 0.2) is 0 Å². The van der Waals surface area contributed by atoms with Crippen LogP contribution in [0.1, 0.15) is 91.9 Å². The van der Waals surface area contributed by atoms with Crippen molar-refractivity contribution in [1.82, 2.24) is 5.32 Å². The first-order valence-corrected chi connectivity index (χ1v) is 10.7. The van der Waals surface area contributed by atoms with Crippen molar-refractivity contribution in [2.45, 2.75) is 97.9 Å². The van der Waals surface area contributed by atoms with Crippen LogP contribution in [0.5, 0.6) is 0 Å². The SMILES string of the molecule is CC(C)CC1CCC(CCCC(=O)NC2CC(C(=O)C(C)C)C2)CC1. The largest absolute Gasteiger partial charge is 0.353 e. The van der Waals surface area contributed by atoms with Gasteiger partial charge >= 0.3 is 0 Å². The fourth-order valence-corrected chi connectivity index (χ4v) is 4.71. The molecule has 2 aliphatic rings. The molecular weight excluding hydrogens is 310 g/mol. The highest BCUT2D eigenvalue weighted by molar-refractivity contribution is 5.84. The summed E-state index contributed by atoms with van der Waals surface area (Å²) in [5.41, 5.74) is 0. The first kappa shape index (κ1) is 20.5. The van der Waals surface area contributed by atoms with Crippen molar-refractivity contribution in [3.8, 4) is 0 Å². The molecule has 0 radical (unpaired) electrons. The third-order valence-corrected chi connectivity index (χ3v) is 6.26. The van der Waals surface area contributed by atoms with Gasteiger partial charge in [-0.2, -0.15) is 0 Å². The van der Waals surface area contributed by atoms with E-state index >= 15 is 0 Å². The van der Waals surface area contributed by atoms with Crippen LogP contribution >= 0.6 is 0 Å². The molecule has 25 heavy (non-hydrogen) atoms. The Labute approximate surface area is 154 Å². The number of carbonyl (C=O) groups excluding carboxylic acids is 2. The Kier molecular flexibility index (Phi) is 7.96. The van der Waals surface area contributed by atoms with Crippen LogP contribution in [0.3, 0.4) is 0 Å². The van der Waals surface area contributed by atoms with Crippen LogP contribution in [-0.2, 0) is 9.59 Å². The molecule has 0 bridgehead atoms. The Morgan fingerprint density at radius 3 is 2.12 bits per heavy atom. The van der Waals surface area contributed by atoms with Crippen molar-refractivity contribution in [2.24, 2.45) is 29.6 Å². The van der Waals surface area contributed by atoms with Crippen LogP contribution in [0.2, 0.25) is 0 Å². The molecule has 2 fully saturated rings. The summed E-state index contributed by atoms with van der Waals surface area (Å²) in [4.78, 5) is 23.9. The van der Waals surface area contributed by atoms with E-state index in [0.717, 1.165) is 37.0 Å². The predicted molar refractivity (Wildman–Crippen MR) is 103 cm³/mol. The van der Waals surface area contributed by atoms with Crippen LogP contribution in [0, 0.1) is 29.6 Å². The van der Waals surface area contributed by atoms with Crippen LogP contribution < -0.4 is 5.32 Å². The van der Waals surface area contributed by atoms with Gasteiger partial charge in [-0.25, -0.2) is 0 Å². The van der Waals surface area contributed by atoms with Crippen LogP contribution in [-0.4, -0.2) is 17.7 Å². The van der Waals surface area contributed by atoms with Gasteiger partial charge < -0.3 is 5.32 Å². The van der Waals surface area contributed by atoms with Gasteiger partial charge in [0.25, 0.3) is 0 Å². The quantitative estimate of drug-likeness (QED) is 0.627. The van der Waals surface area contributed by atoms with Crippen molar-refractivity contribution in [1.29, 1.82) is 0 Å². The van der Waals surface area contributed by atoms with Gasteiger partial charge in [0.05, 0.1) is 0 Å². The summed E-state index contributed by atoms with van der Waals surface area (Å²) < 4.78 is 0. The summed E-state index contributed by atoms with van der Waals surface area (Å²) in [7, 11) is 0. The molecule has 0 atom stereocenters. The minimum atomic E-state index is 0.122. The second kappa shape index (κ2) is 9.73. The number of ketones is 1. The lowest BCUT2D eigenvalue weighted by Crippen LogP contribution is -2.47. The van der Waals surface area contributed by atoms with E-state index in [0.29, 0.717) is 12.2 Å². The molecule has 1 N–H and O–H groups in total. The van der Waals surface area contributed by atoms with Gasteiger partial charge in [0.2, 0.25) is 5.91 Å². The maximum absolute atomic E-state index is 12.1.